The van der Waals surface area contributed by atoms with Crippen molar-refractivity contribution in [3.63, 3.8) is 0 Å². The molecule has 0 amide bonds. The van der Waals surface area contributed by atoms with Crippen molar-refractivity contribution < 1.29 is 9.47 Å². The molecule has 14 heavy (non-hydrogen) atoms. The first-order valence-electron chi connectivity index (χ1n) is 4.53. The zero-order chi connectivity index (χ0) is 10.4. The molecule has 0 spiro atoms. The van der Waals surface area contributed by atoms with Crippen molar-refractivity contribution in [2.75, 3.05) is 20.8 Å². The second-order valence-corrected chi connectivity index (χ2v) is 3.03. The molecule has 1 aromatic heterocycles. The molecule has 0 saturated carbocycles. The number of nitrogens with zero attached hydrogens (tertiary/aromatic N) is 1. The minimum atomic E-state index is -0.195. The Hall–Kier alpha value is -0.910. The molecular formula is C9H17N3O2. The lowest BCUT2D eigenvalue weighted by Gasteiger charge is -2.13. The van der Waals surface area contributed by atoms with Gasteiger partial charge in [0, 0.05) is 39.2 Å². The van der Waals surface area contributed by atoms with Crippen LogP contribution in [0.15, 0.2) is 6.20 Å². The molecule has 5 nitrogen and oxygen atoms in total. The largest absolute Gasteiger partial charge is 0.355 e. The van der Waals surface area contributed by atoms with Crippen LogP contribution in [0.3, 0.4) is 0 Å². The van der Waals surface area contributed by atoms with Crippen molar-refractivity contribution >= 4 is 0 Å². The Morgan fingerprint density at radius 3 is 2.71 bits per heavy atom. The van der Waals surface area contributed by atoms with Crippen LogP contribution in [-0.2, 0) is 16.0 Å². The maximum atomic E-state index is 5.03. The Morgan fingerprint density at radius 2 is 2.21 bits per heavy atom. The van der Waals surface area contributed by atoms with Crippen molar-refractivity contribution in [2.24, 2.45) is 0 Å². The van der Waals surface area contributed by atoms with Gasteiger partial charge >= 0.3 is 0 Å². The zero-order valence-electron chi connectivity index (χ0n) is 8.83. The lowest BCUT2D eigenvalue weighted by molar-refractivity contribution is -0.0989. The zero-order valence-corrected chi connectivity index (χ0v) is 8.83. The van der Waals surface area contributed by atoms with Crippen molar-refractivity contribution in [2.45, 2.75) is 19.8 Å². The van der Waals surface area contributed by atoms with E-state index in [1.165, 1.54) is 0 Å². The second-order valence-electron chi connectivity index (χ2n) is 3.03. The highest BCUT2D eigenvalue weighted by Gasteiger charge is 2.03. The molecule has 80 valence electrons. The Bertz CT molecular complexity index is 258. The van der Waals surface area contributed by atoms with Crippen molar-refractivity contribution in [1.82, 2.24) is 15.3 Å². The van der Waals surface area contributed by atoms with Gasteiger partial charge in [0.15, 0.2) is 6.29 Å². The molecule has 0 aromatic carbocycles. The molecule has 0 bridgehead atoms. The molecule has 1 aromatic rings. The van der Waals surface area contributed by atoms with Crippen LogP contribution in [-0.4, -0.2) is 37.0 Å². The molecule has 0 atom stereocenters. The summed E-state index contributed by atoms with van der Waals surface area (Å²) in [6.07, 6.45) is 1.62. The first-order chi connectivity index (χ1) is 6.76. The van der Waals surface area contributed by atoms with E-state index >= 15 is 0 Å². The van der Waals surface area contributed by atoms with E-state index in [9.17, 15) is 0 Å². The van der Waals surface area contributed by atoms with Crippen LogP contribution in [0.5, 0.6) is 0 Å². The third-order valence-electron chi connectivity index (χ3n) is 1.91. The molecule has 0 fully saturated rings. The highest BCUT2D eigenvalue weighted by Crippen LogP contribution is 1.95. The quantitative estimate of drug-likeness (QED) is 0.652. The summed E-state index contributed by atoms with van der Waals surface area (Å²) < 4.78 is 10.1. The van der Waals surface area contributed by atoms with Crippen molar-refractivity contribution in [1.29, 1.82) is 0 Å². The van der Waals surface area contributed by atoms with Gasteiger partial charge in [-0.3, -0.25) is 0 Å². The van der Waals surface area contributed by atoms with Gasteiger partial charge < -0.3 is 19.8 Å². The topological polar surface area (TPSA) is 59.2 Å². The van der Waals surface area contributed by atoms with Crippen LogP contribution >= 0.6 is 0 Å². The molecule has 0 radical (unpaired) electrons. The summed E-state index contributed by atoms with van der Waals surface area (Å²) in [5.41, 5.74) is 1.06. The second kappa shape index (κ2) is 5.74. The third-order valence-corrected chi connectivity index (χ3v) is 1.91. The number of nitrogens with one attached hydrogen (secondary N) is 2. The summed E-state index contributed by atoms with van der Waals surface area (Å²) in [7, 11) is 3.24. The summed E-state index contributed by atoms with van der Waals surface area (Å²) in [5, 5.41) is 3.20. The molecule has 0 saturated heterocycles. The van der Waals surface area contributed by atoms with Gasteiger partial charge in [0.1, 0.15) is 5.82 Å². The predicted molar refractivity (Wildman–Crippen MR) is 52.8 cm³/mol. The minimum absolute atomic E-state index is 0.195. The normalized spacial score (nSPS) is 11.1. The van der Waals surface area contributed by atoms with Gasteiger partial charge in [-0.1, -0.05) is 0 Å². The monoisotopic (exact) mass is 199 g/mol. The highest BCUT2D eigenvalue weighted by molar-refractivity contribution is 4.99. The van der Waals surface area contributed by atoms with Crippen molar-refractivity contribution in [3.05, 3.63) is 17.7 Å². The number of aromatic nitrogens is 2. The average Bonchev–Trinajstić information content (AvgIpc) is 2.59. The number of methoxy groups -OCH3 is 2. The van der Waals surface area contributed by atoms with Crippen LogP contribution in [0.25, 0.3) is 0 Å². The average molecular weight is 199 g/mol. The van der Waals surface area contributed by atoms with Gasteiger partial charge in [-0.15, -0.1) is 0 Å². The number of ether oxygens (including phenoxy) is 2. The standard InChI is InChI=1S/C9H17N3O2/c1-7-11-5-8(12-7)4-10-6-9(13-2)14-3/h5,9-10H,4,6H2,1-3H3,(H,11,12). The fourth-order valence-electron chi connectivity index (χ4n) is 1.15. The molecular weight excluding hydrogens is 182 g/mol. The van der Waals surface area contributed by atoms with Crippen LogP contribution in [0, 0.1) is 6.92 Å². The summed E-state index contributed by atoms with van der Waals surface area (Å²) in [5.74, 6) is 0.928. The molecule has 5 heteroatoms. The summed E-state index contributed by atoms with van der Waals surface area (Å²) in [4.78, 5) is 7.23. The number of rotatable bonds is 6. The minimum Gasteiger partial charge on any atom is -0.355 e. The third kappa shape index (κ3) is 3.45. The van der Waals surface area contributed by atoms with Gasteiger partial charge in [-0.2, -0.15) is 0 Å². The summed E-state index contributed by atoms with van der Waals surface area (Å²) in [6, 6.07) is 0. The summed E-state index contributed by atoms with van der Waals surface area (Å²) >= 11 is 0. The Labute approximate surface area is 83.8 Å². The van der Waals surface area contributed by atoms with Gasteiger partial charge in [-0.25, -0.2) is 4.98 Å². The highest BCUT2D eigenvalue weighted by atomic mass is 16.7. The Morgan fingerprint density at radius 1 is 1.50 bits per heavy atom. The number of hydrogen-bond acceptors (Lipinski definition) is 4. The molecule has 1 heterocycles. The van der Waals surface area contributed by atoms with E-state index in [1.54, 1.807) is 14.2 Å². The first-order valence-corrected chi connectivity index (χ1v) is 4.53. The van der Waals surface area contributed by atoms with E-state index in [2.05, 4.69) is 15.3 Å². The van der Waals surface area contributed by atoms with Crippen molar-refractivity contribution in [3.8, 4) is 0 Å². The lowest BCUT2D eigenvalue weighted by Crippen LogP contribution is -2.29. The van der Waals surface area contributed by atoms with Gasteiger partial charge in [-0.05, 0) is 6.92 Å². The molecule has 0 aliphatic rings. The van der Waals surface area contributed by atoms with E-state index in [4.69, 9.17) is 9.47 Å². The number of imidazole rings is 1. The molecule has 2 N–H and O–H groups in total. The lowest BCUT2D eigenvalue weighted by atomic mass is 10.4. The van der Waals surface area contributed by atoms with E-state index in [1.807, 2.05) is 13.1 Å². The van der Waals surface area contributed by atoms with Crippen LogP contribution in [0.1, 0.15) is 11.5 Å². The number of hydrogen-bond donors (Lipinski definition) is 2. The molecule has 0 unspecified atom stereocenters. The Balaban J connectivity index is 2.21. The number of aromatic amines is 1. The van der Waals surface area contributed by atoms with Crippen LogP contribution < -0.4 is 5.32 Å². The fourth-order valence-corrected chi connectivity index (χ4v) is 1.15. The Kier molecular flexibility index (Phi) is 4.58. The van der Waals surface area contributed by atoms with Gasteiger partial charge in [0.25, 0.3) is 0 Å². The summed E-state index contributed by atoms with van der Waals surface area (Å²) in [6.45, 7) is 3.33. The van der Waals surface area contributed by atoms with E-state index in [-0.39, 0.29) is 6.29 Å². The fraction of sp³-hybridized carbons (Fsp3) is 0.667. The smallest absolute Gasteiger partial charge is 0.169 e. The van der Waals surface area contributed by atoms with Crippen LogP contribution in [0.4, 0.5) is 0 Å². The van der Waals surface area contributed by atoms with Gasteiger partial charge in [0.05, 0.1) is 0 Å². The maximum absolute atomic E-state index is 5.03. The van der Waals surface area contributed by atoms with Gasteiger partial charge in [0.2, 0.25) is 0 Å². The molecule has 0 aliphatic heterocycles. The predicted octanol–water partition coefficient (Wildman–Crippen LogP) is 0.427. The molecule has 0 aliphatic carbocycles. The van der Waals surface area contributed by atoms with Crippen LogP contribution in [0.2, 0.25) is 0 Å². The number of aryl methyl sites for hydroxylation is 1. The first kappa shape index (κ1) is 11.2. The maximum Gasteiger partial charge on any atom is 0.169 e. The molecule has 1 rings (SSSR count). The number of H-pyrrole nitrogens is 1. The van der Waals surface area contributed by atoms with E-state index < -0.39 is 0 Å². The SMILES string of the molecule is COC(CNCc1cnc(C)[nH]1)OC. The van der Waals surface area contributed by atoms with E-state index in [0.29, 0.717) is 6.54 Å². The van der Waals surface area contributed by atoms with E-state index in [0.717, 1.165) is 18.1 Å².